The summed E-state index contributed by atoms with van der Waals surface area (Å²) < 4.78 is 25.6. The first kappa shape index (κ1) is 20.6. The van der Waals surface area contributed by atoms with Gasteiger partial charge in [0.2, 0.25) is 10.0 Å². The average molecular weight is 410 g/mol. The molecule has 1 amide bonds. The number of nitrogens with zero attached hydrogens (tertiary/aromatic N) is 3. The maximum Gasteiger partial charge on any atom is 0.254 e. The first-order valence-corrected chi connectivity index (χ1v) is 11.1. The summed E-state index contributed by atoms with van der Waals surface area (Å²) in [6.07, 6.45) is 3.43. The van der Waals surface area contributed by atoms with Gasteiger partial charge in [0.1, 0.15) is 0 Å². The second-order valence-electron chi connectivity index (χ2n) is 7.24. The van der Waals surface area contributed by atoms with Crippen molar-refractivity contribution < 1.29 is 13.2 Å². The number of sulfonamides is 1. The van der Waals surface area contributed by atoms with Gasteiger partial charge in [0, 0.05) is 24.7 Å². The van der Waals surface area contributed by atoms with Gasteiger partial charge in [-0.05, 0) is 54.8 Å². The number of carbonyl (C=O) groups is 1. The van der Waals surface area contributed by atoms with Gasteiger partial charge in [-0.25, -0.2) is 8.42 Å². The zero-order chi connectivity index (χ0) is 21.2. The highest BCUT2D eigenvalue weighted by Gasteiger charge is 2.33. The number of hydrogen-bond acceptors (Lipinski definition) is 4. The number of hydrogen-bond donors (Lipinski definition) is 0. The molecule has 7 heteroatoms. The fraction of sp³-hybridized carbons (Fsp3) is 0.273. The largest absolute Gasteiger partial charge is 0.331 e. The van der Waals surface area contributed by atoms with E-state index in [0.29, 0.717) is 36.3 Å². The van der Waals surface area contributed by atoms with Crippen LogP contribution in [0.4, 0.5) is 5.69 Å². The Morgan fingerprint density at radius 1 is 1.31 bits per heavy atom. The van der Waals surface area contributed by atoms with E-state index >= 15 is 0 Å². The van der Waals surface area contributed by atoms with E-state index in [1.165, 1.54) is 10.6 Å². The molecule has 29 heavy (non-hydrogen) atoms. The lowest BCUT2D eigenvalue weighted by molar-refractivity contribution is 0.0762. The van der Waals surface area contributed by atoms with Crippen molar-refractivity contribution in [2.24, 2.45) is 0 Å². The number of carbonyl (C=O) groups excluding carboxylic acids is 1. The molecule has 1 heterocycles. The van der Waals surface area contributed by atoms with Gasteiger partial charge in [-0.15, -0.1) is 6.58 Å². The summed E-state index contributed by atoms with van der Waals surface area (Å²) in [6, 6.07) is 14.2. The summed E-state index contributed by atoms with van der Waals surface area (Å²) in [7, 11) is -3.37. The van der Waals surface area contributed by atoms with Crippen molar-refractivity contribution in [2.45, 2.75) is 25.9 Å². The topological polar surface area (TPSA) is 81.5 Å². The number of anilines is 1. The molecule has 0 N–H and O–H groups in total. The lowest BCUT2D eigenvalue weighted by Crippen LogP contribution is -2.34. The van der Waals surface area contributed by atoms with Crippen molar-refractivity contribution in [2.75, 3.05) is 17.1 Å². The third-order valence-corrected chi connectivity index (χ3v) is 6.20. The summed E-state index contributed by atoms with van der Waals surface area (Å²) in [6.45, 7) is 6.36. The van der Waals surface area contributed by atoms with Crippen LogP contribution in [0, 0.1) is 11.3 Å². The van der Waals surface area contributed by atoms with Crippen LogP contribution in [0.5, 0.6) is 0 Å². The van der Waals surface area contributed by atoms with Gasteiger partial charge < -0.3 is 4.90 Å². The average Bonchev–Trinajstić information content (AvgIpc) is 3.02. The van der Waals surface area contributed by atoms with Gasteiger partial charge >= 0.3 is 0 Å². The van der Waals surface area contributed by atoms with E-state index < -0.39 is 10.0 Å². The van der Waals surface area contributed by atoms with Crippen LogP contribution in [0.1, 0.15) is 34.0 Å². The Kier molecular flexibility index (Phi) is 5.76. The monoisotopic (exact) mass is 409 g/mol. The highest BCUT2D eigenvalue weighted by atomic mass is 32.2. The molecule has 1 aliphatic heterocycles. The maximum absolute atomic E-state index is 13.1. The summed E-state index contributed by atoms with van der Waals surface area (Å²) >= 11 is 0. The van der Waals surface area contributed by atoms with Gasteiger partial charge in [-0.1, -0.05) is 18.2 Å². The Morgan fingerprint density at radius 2 is 2.00 bits per heavy atom. The third kappa shape index (κ3) is 4.33. The molecule has 0 spiro atoms. The summed E-state index contributed by atoms with van der Waals surface area (Å²) in [5, 5.41) is 8.93. The van der Waals surface area contributed by atoms with Crippen LogP contribution in [0.2, 0.25) is 0 Å². The SMILES string of the molecule is C=CCN(Cc1ccc(C#N)cc1)C(=O)c1ccc2c(c1)CC(C)N2S(C)(=O)=O. The molecule has 3 rings (SSSR count). The van der Waals surface area contributed by atoms with Crippen molar-refractivity contribution >= 4 is 21.6 Å². The summed E-state index contributed by atoms with van der Waals surface area (Å²) in [4.78, 5) is 14.8. The highest BCUT2D eigenvalue weighted by Crippen LogP contribution is 2.35. The van der Waals surface area contributed by atoms with Gasteiger partial charge in [0.25, 0.3) is 5.91 Å². The molecule has 0 radical (unpaired) electrons. The molecule has 1 unspecified atom stereocenters. The molecule has 0 fully saturated rings. The standard InChI is InChI=1S/C22H23N3O3S/c1-4-11-24(15-18-7-5-17(14-23)6-8-18)22(26)19-9-10-21-20(13-19)12-16(2)25(21)29(3,27)28/h4-10,13,16H,1,11-12,15H2,2-3H3. The molecule has 0 bridgehead atoms. The number of amides is 1. The Hall–Kier alpha value is -3.11. The van der Waals surface area contributed by atoms with Gasteiger partial charge in [0.15, 0.2) is 0 Å². The zero-order valence-corrected chi connectivity index (χ0v) is 17.3. The Morgan fingerprint density at radius 3 is 2.59 bits per heavy atom. The van der Waals surface area contributed by atoms with Gasteiger partial charge in [0.05, 0.1) is 23.6 Å². The minimum Gasteiger partial charge on any atom is -0.331 e. The zero-order valence-electron chi connectivity index (χ0n) is 16.5. The number of fused-ring (bicyclic) bond motifs is 1. The smallest absolute Gasteiger partial charge is 0.254 e. The minimum atomic E-state index is -3.37. The van der Waals surface area contributed by atoms with E-state index in [-0.39, 0.29) is 11.9 Å². The van der Waals surface area contributed by atoms with Crippen LogP contribution < -0.4 is 4.31 Å². The molecule has 1 atom stereocenters. The first-order chi connectivity index (χ1) is 13.7. The van der Waals surface area contributed by atoms with Crippen molar-refractivity contribution in [3.8, 4) is 6.07 Å². The second kappa shape index (κ2) is 8.10. The summed E-state index contributed by atoms with van der Waals surface area (Å²) in [5.41, 5.74) is 3.49. The molecule has 1 aliphatic rings. The molecule has 2 aromatic carbocycles. The van der Waals surface area contributed by atoms with Crippen LogP contribution >= 0.6 is 0 Å². The normalized spacial score (nSPS) is 15.5. The number of rotatable bonds is 6. The quantitative estimate of drug-likeness (QED) is 0.687. The van der Waals surface area contributed by atoms with Crippen LogP contribution in [-0.4, -0.2) is 38.1 Å². The predicted octanol–water partition coefficient (Wildman–Crippen LogP) is 3.10. The fourth-order valence-electron chi connectivity index (χ4n) is 3.70. The Bertz CT molecular complexity index is 1090. The van der Waals surface area contributed by atoms with E-state index in [1.54, 1.807) is 41.3 Å². The van der Waals surface area contributed by atoms with E-state index in [1.807, 2.05) is 19.1 Å². The van der Waals surface area contributed by atoms with Crippen molar-refractivity contribution in [1.82, 2.24) is 4.90 Å². The van der Waals surface area contributed by atoms with Crippen molar-refractivity contribution in [3.63, 3.8) is 0 Å². The van der Waals surface area contributed by atoms with E-state index in [2.05, 4.69) is 12.6 Å². The molecule has 0 aromatic heterocycles. The number of benzene rings is 2. The maximum atomic E-state index is 13.1. The Labute approximate surface area is 171 Å². The molecule has 0 saturated carbocycles. The molecule has 6 nitrogen and oxygen atoms in total. The predicted molar refractivity (Wildman–Crippen MR) is 113 cm³/mol. The molecular formula is C22H23N3O3S. The van der Waals surface area contributed by atoms with Crippen LogP contribution in [0.25, 0.3) is 0 Å². The molecular weight excluding hydrogens is 386 g/mol. The first-order valence-electron chi connectivity index (χ1n) is 9.26. The van der Waals surface area contributed by atoms with Crippen LogP contribution in [-0.2, 0) is 23.0 Å². The minimum absolute atomic E-state index is 0.150. The van der Waals surface area contributed by atoms with Crippen LogP contribution in [0.3, 0.4) is 0 Å². The lowest BCUT2D eigenvalue weighted by Gasteiger charge is -2.23. The highest BCUT2D eigenvalue weighted by molar-refractivity contribution is 7.92. The van der Waals surface area contributed by atoms with Crippen LogP contribution in [0.15, 0.2) is 55.1 Å². The van der Waals surface area contributed by atoms with Crippen molar-refractivity contribution in [1.29, 1.82) is 5.26 Å². The second-order valence-corrected chi connectivity index (χ2v) is 9.10. The molecule has 0 aliphatic carbocycles. The van der Waals surface area contributed by atoms with E-state index in [0.717, 1.165) is 11.1 Å². The molecule has 150 valence electrons. The fourth-order valence-corrected chi connectivity index (χ4v) is 4.97. The van der Waals surface area contributed by atoms with E-state index in [4.69, 9.17) is 5.26 Å². The van der Waals surface area contributed by atoms with Gasteiger partial charge in [-0.3, -0.25) is 9.10 Å². The summed E-state index contributed by atoms with van der Waals surface area (Å²) in [5.74, 6) is -0.150. The number of nitriles is 1. The van der Waals surface area contributed by atoms with E-state index in [9.17, 15) is 13.2 Å². The molecule has 2 aromatic rings. The lowest BCUT2D eigenvalue weighted by atomic mass is 10.1. The third-order valence-electron chi connectivity index (χ3n) is 4.93. The molecule has 0 saturated heterocycles. The Balaban J connectivity index is 1.86. The van der Waals surface area contributed by atoms with Gasteiger partial charge in [-0.2, -0.15) is 5.26 Å². The van der Waals surface area contributed by atoms with Crippen molar-refractivity contribution in [3.05, 3.63) is 77.4 Å².